The Morgan fingerprint density at radius 3 is 2.09 bits per heavy atom. The Kier molecular flexibility index (Phi) is 6.71. The Labute approximate surface area is 138 Å². The number of piperidine rings is 1. The smallest absolute Gasteiger partial charge is 0.338 e. The molecule has 0 spiro atoms. The van der Waals surface area contributed by atoms with E-state index in [9.17, 15) is 4.79 Å². The van der Waals surface area contributed by atoms with Gasteiger partial charge in [-0.05, 0) is 64.8 Å². The van der Waals surface area contributed by atoms with Crippen LogP contribution in [0.25, 0.3) is 0 Å². The molecule has 1 aromatic carbocycles. The zero-order chi connectivity index (χ0) is 16.7. The molecule has 5 nitrogen and oxygen atoms in total. The van der Waals surface area contributed by atoms with Crippen LogP contribution < -0.4 is 14.8 Å². The molecule has 0 saturated carbocycles. The van der Waals surface area contributed by atoms with Crippen molar-refractivity contribution < 1.29 is 19.0 Å². The van der Waals surface area contributed by atoms with E-state index in [0.717, 1.165) is 43.0 Å². The van der Waals surface area contributed by atoms with Crippen LogP contribution in [-0.4, -0.2) is 38.9 Å². The summed E-state index contributed by atoms with van der Waals surface area (Å²) in [6.07, 6.45) is 2.08. The predicted octanol–water partition coefficient (Wildman–Crippen LogP) is 3.13. The zero-order valence-corrected chi connectivity index (χ0v) is 14.3. The summed E-state index contributed by atoms with van der Waals surface area (Å²) in [7, 11) is 0. The number of esters is 1. The summed E-state index contributed by atoms with van der Waals surface area (Å²) in [5.74, 6) is 1.53. The average Bonchev–Trinajstić information content (AvgIpc) is 2.56. The summed E-state index contributed by atoms with van der Waals surface area (Å²) in [6.45, 7) is 9.12. The molecular weight excluding hydrogens is 294 g/mol. The summed E-state index contributed by atoms with van der Waals surface area (Å²) < 4.78 is 16.8. The largest absolute Gasteiger partial charge is 0.493 e. The summed E-state index contributed by atoms with van der Waals surface area (Å²) in [5, 5.41) is 3.38. The lowest BCUT2D eigenvalue weighted by Crippen LogP contribution is -2.27. The summed E-state index contributed by atoms with van der Waals surface area (Å²) in [6, 6.07) is 3.59. The van der Waals surface area contributed by atoms with Gasteiger partial charge in [0.25, 0.3) is 0 Å². The number of rotatable bonds is 7. The minimum atomic E-state index is -0.341. The minimum absolute atomic E-state index is 0.341. The van der Waals surface area contributed by atoms with E-state index in [1.165, 1.54) is 0 Å². The first-order chi connectivity index (χ1) is 11.2. The molecule has 0 aliphatic carbocycles. The van der Waals surface area contributed by atoms with Gasteiger partial charge in [0.15, 0.2) is 0 Å². The maximum absolute atomic E-state index is 12.1. The first kappa shape index (κ1) is 17.6. The fraction of sp³-hybridized carbons (Fsp3) is 0.611. The number of hydrogen-bond donors (Lipinski definition) is 1. The van der Waals surface area contributed by atoms with Crippen LogP contribution in [0, 0.1) is 0 Å². The molecule has 128 valence electrons. The Hall–Kier alpha value is -1.75. The molecule has 0 radical (unpaired) electrons. The van der Waals surface area contributed by atoms with Crippen molar-refractivity contribution >= 4 is 5.97 Å². The molecule has 5 heteroatoms. The number of ether oxygens (including phenoxy) is 3. The average molecular weight is 321 g/mol. The standard InChI is InChI=1S/C18H27NO4/c1-4-21-15-11-14(18(20)23-6-3)12-16(22-5-2)17(15)13-7-9-19-10-8-13/h11-13,19H,4-10H2,1-3H3. The van der Waals surface area contributed by atoms with Crippen LogP contribution >= 0.6 is 0 Å². The molecular formula is C18H27NO4. The van der Waals surface area contributed by atoms with Gasteiger partial charge in [0.1, 0.15) is 11.5 Å². The maximum atomic E-state index is 12.1. The van der Waals surface area contributed by atoms with E-state index in [0.29, 0.717) is 31.3 Å². The quantitative estimate of drug-likeness (QED) is 0.782. The van der Waals surface area contributed by atoms with Crippen LogP contribution in [0.2, 0.25) is 0 Å². The second-order valence-corrected chi connectivity index (χ2v) is 5.50. The molecule has 1 aliphatic rings. The lowest BCUT2D eigenvalue weighted by atomic mass is 9.88. The van der Waals surface area contributed by atoms with Crippen LogP contribution in [0.3, 0.4) is 0 Å². The normalized spacial score (nSPS) is 15.3. The van der Waals surface area contributed by atoms with Crippen LogP contribution in [0.4, 0.5) is 0 Å². The van der Waals surface area contributed by atoms with Crippen molar-refractivity contribution in [2.75, 3.05) is 32.9 Å². The van der Waals surface area contributed by atoms with E-state index in [1.807, 2.05) is 13.8 Å². The predicted molar refractivity (Wildman–Crippen MR) is 89.6 cm³/mol. The molecule has 0 bridgehead atoms. The van der Waals surface area contributed by atoms with E-state index in [2.05, 4.69) is 5.32 Å². The monoisotopic (exact) mass is 321 g/mol. The molecule has 1 aliphatic heterocycles. The van der Waals surface area contributed by atoms with E-state index < -0.39 is 0 Å². The highest BCUT2D eigenvalue weighted by Crippen LogP contribution is 2.41. The molecule has 0 aromatic heterocycles. The number of nitrogens with one attached hydrogen (secondary N) is 1. The van der Waals surface area contributed by atoms with Crippen molar-refractivity contribution in [3.63, 3.8) is 0 Å². The molecule has 0 amide bonds. The van der Waals surface area contributed by atoms with Gasteiger partial charge >= 0.3 is 5.97 Å². The molecule has 1 saturated heterocycles. The molecule has 0 atom stereocenters. The SMILES string of the molecule is CCOC(=O)c1cc(OCC)c(C2CCNCC2)c(OCC)c1. The van der Waals surface area contributed by atoms with Crippen LogP contribution in [-0.2, 0) is 4.74 Å². The van der Waals surface area contributed by atoms with E-state index in [4.69, 9.17) is 14.2 Å². The van der Waals surface area contributed by atoms with Gasteiger partial charge in [-0.3, -0.25) is 0 Å². The maximum Gasteiger partial charge on any atom is 0.338 e. The molecule has 1 aromatic rings. The number of hydrogen-bond acceptors (Lipinski definition) is 5. The minimum Gasteiger partial charge on any atom is -0.493 e. The van der Waals surface area contributed by atoms with Crippen molar-refractivity contribution in [1.82, 2.24) is 5.32 Å². The van der Waals surface area contributed by atoms with Crippen molar-refractivity contribution in [1.29, 1.82) is 0 Å². The summed E-state index contributed by atoms with van der Waals surface area (Å²) in [5.41, 5.74) is 1.57. The molecule has 0 unspecified atom stereocenters. The van der Waals surface area contributed by atoms with Gasteiger partial charge in [-0.1, -0.05) is 0 Å². The van der Waals surface area contributed by atoms with Gasteiger partial charge in [0.2, 0.25) is 0 Å². The first-order valence-corrected chi connectivity index (χ1v) is 8.52. The number of carbonyl (C=O) groups is 1. The van der Waals surface area contributed by atoms with Crippen molar-refractivity contribution in [2.45, 2.75) is 39.5 Å². The third-order valence-corrected chi connectivity index (χ3v) is 3.96. The fourth-order valence-electron chi connectivity index (χ4n) is 3.00. The Morgan fingerprint density at radius 2 is 1.61 bits per heavy atom. The summed E-state index contributed by atoms with van der Waals surface area (Å²) in [4.78, 5) is 12.1. The van der Waals surface area contributed by atoms with Gasteiger partial charge in [-0.2, -0.15) is 0 Å². The Morgan fingerprint density at radius 1 is 1.04 bits per heavy atom. The second kappa shape index (κ2) is 8.77. The first-order valence-electron chi connectivity index (χ1n) is 8.52. The lowest BCUT2D eigenvalue weighted by Gasteiger charge is -2.27. The highest BCUT2D eigenvalue weighted by atomic mass is 16.5. The molecule has 1 N–H and O–H groups in total. The third-order valence-electron chi connectivity index (χ3n) is 3.96. The lowest BCUT2D eigenvalue weighted by molar-refractivity contribution is 0.0525. The Bertz CT molecular complexity index is 497. The van der Waals surface area contributed by atoms with E-state index in [-0.39, 0.29) is 5.97 Å². The third kappa shape index (κ3) is 4.38. The van der Waals surface area contributed by atoms with Gasteiger partial charge in [-0.15, -0.1) is 0 Å². The van der Waals surface area contributed by atoms with Gasteiger partial charge in [-0.25, -0.2) is 4.79 Å². The fourth-order valence-corrected chi connectivity index (χ4v) is 3.00. The van der Waals surface area contributed by atoms with Crippen molar-refractivity contribution in [3.8, 4) is 11.5 Å². The zero-order valence-electron chi connectivity index (χ0n) is 14.3. The molecule has 1 heterocycles. The summed E-state index contributed by atoms with van der Waals surface area (Å²) >= 11 is 0. The van der Waals surface area contributed by atoms with Crippen molar-refractivity contribution in [3.05, 3.63) is 23.3 Å². The highest BCUT2D eigenvalue weighted by molar-refractivity contribution is 5.91. The van der Waals surface area contributed by atoms with E-state index >= 15 is 0 Å². The van der Waals surface area contributed by atoms with Crippen LogP contribution in [0.15, 0.2) is 12.1 Å². The molecule has 2 rings (SSSR count). The van der Waals surface area contributed by atoms with Gasteiger partial charge in [0, 0.05) is 5.56 Å². The van der Waals surface area contributed by atoms with Crippen LogP contribution in [0.5, 0.6) is 11.5 Å². The number of carbonyl (C=O) groups excluding carboxylic acids is 1. The van der Waals surface area contributed by atoms with E-state index in [1.54, 1.807) is 19.1 Å². The Balaban J connectivity index is 2.45. The van der Waals surface area contributed by atoms with Gasteiger partial charge < -0.3 is 19.5 Å². The highest BCUT2D eigenvalue weighted by Gasteiger charge is 2.25. The second-order valence-electron chi connectivity index (χ2n) is 5.50. The number of benzene rings is 1. The topological polar surface area (TPSA) is 56.8 Å². The molecule has 1 fully saturated rings. The van der Waals surface area contributed by atoms with Crippen LogP contribution in [0.1, 0.15) is 55.5 Å². The molecule has 23 heavy (non-hydrogen) atoms. The van der Waals surface area contributed by atoms with Crippen molar-refractivity contribution in [2.24, 2.45) is 0 Å². The van der Waals surface area contributed by atoms with Gasteiger partial charge in [0.05, 0.1) is 25.4 Å².